The Balaban J connectivity index is 2.22. The molecule has 22 heavy (non-hydrogen) atoms. The van der Waals surface area contributed by atoms with E-state index in [1.54, 1.807) is 13.2 Å². The number of amides is 1. The fourth-order valence-corrected chi connectivity index (χ4v) is 2.65. The van der Waals surface area contributed by atoms with Crippen LogP contribution in [0.15, 0.2) is 10.7 Å². The summed E-state index contributed by atoms with van der Waals surface area (Å²) in [6.45, 7) is 0.0682. The second-order valence-corrected chi connectivity index (χ2v) is 5.61. The van der Waals surface area contributed by atoms with E-state index in [9.17, 15) is 18.0 Å². The number of halogens is 5. The molecule has 0 unspecified atom stereocenters. The molecule has 0 saturated carbocycles. The number of rotatable bonds is 3. The third-order valence-electron chi connectivity index (χ3n) is 2.90. The van der Waals surface area contributed by atoms with Crippen molar-refractivity contribution in [3.05, 3.63) is 32.8 Å². The summed E-state index contributed by atoms with van der Waals surface area (Å²) in [5, 5.41) is 8.98. The molecule has 0 aliphatic heterocycles. The lowest BCUT2D eigenvalue weighted by Gasteiger charge is -2.07. The van der Waals surface area contributed by atoms with Crippen molar-refractivity contribution in [1.82, 2.24) is 24.9 Å². The van der Waals surface area contributed by atoms with E-state index in [0.717, 1.165) is 4.68 Å². The van der Waals surface area contributed by atoms with Crippen LogP contribution >= 0.6 is 27.5 Å². The molecule has 0 radical (unpaired) electrons. The minimum Gasteiger partial charge on any atom is -0.345 e. The number of carbonyl (C=O) groups excluding carboxylic acids is 1. The summed E-state index contributed by atoms with van der Waals surface area (Å²) in [7, 11) is 2.89. The Bertz CT molecular complexity index is 705. The van der Waals surface area contributed by atoms with Crippen LogP contribution in [-0.2, 0) is 26.8 Å². The second kappa shape index (κ2) is 5.92. The SMILES string of the molecule is Cn1ncc(Br)c1CNC(=O)c1c(Cl)c(C(F)(F)F)nn1C. The predicted molar refractivity (Wildman–Crippen MR) is 75.3 cm³/mol. The van der Waals surface area contributed by atoms with Crippen LogP contribution in [-0.4, -0.2) is 25.5 Å². The monoisotopic (exact) mass is 399 g/mol. The number of hydrogen-bond donors (Lipinski definition) is 1. The fourth-order valence-electron chi connectivity index (χ4n) is 1.81. The average molecular weight is 401 g/mol. The lowest BCUT2D eigenvalue weighted by molar-refractivity contribution is -0.141. The Hall–Kier alpha value is -1.55. The number of aromatic nitrogens is 4. The summed E-state index contributed by atoms with van der Waals surface area (Å²) < 4.78 is 41.1. The Morgan fingerprint density at radius 1 is 1.41 bits per heavy atom. The van der Waals surface area contributed by atoms with E-state index in [1.807, 2.05) is 0 Å². The van der Waals surface area contributed by atoms with Crippen LogP contribution in [0, 0.1) is 0 Å². The van der Waals surface area contributed by atoms with Crippen molar-refractivity contribution in [2.24, 2.45) is 14.1 Å². The van der Waals surface area contributed by atoms with Crippen LogP contribution in [0.2, 0.25) is 5.02 Å². The summed E-state index contributed by atoms with van der Waals surface area (Å²) in [6.07, 6.45) is -3.18. The molecule has 0 atom stereocenters. The number of hydrogen-bond acceptors (Lipinski definition) is 3. The standard InChI is InChI=1S/C11H10BrClF3N5O/c1-20-6(5(12)3-18-20)4-17-10(22)8-7(13)9(11(14,15)16)19-21(8)2/h3H,4H2,1-2H3,(H,17,22). The van der Waals surface area contributed by atoms with E-state index in [1.165, 1.54) is 11.7 Å². The van der Waals surface area contributed by atoms with Gasteiger partial charge in [-0.25, -0.2) is 0 Å². The molecule has 0 spiro atoms. The first-order valence-corrected chi connectivity index (χ1v) is 7.04. The van der Waals surface area contributed by atoms with Crippen molar-refractivity contribution in [2.75, 3.05) is 0 Å². The zero-order valence-electron chi connectivity index (χ0n) is 11.4. The van der Waals surface area contributed by atoms with Gasteiger partial charge in [-0.3, -0.25) is 14.2 Å². The Morgan fingerprint density at radius 2 is 2.05 bits per heavy atom. The van der Waals surface area contributed by atoms with E-state index in [4.69, 9.17) is 11.6 Å². The van der Waals surface area contributed by atoms with Gasteiger partial charge < -0.3 is 5.32 Å². The van der Waals surface area contributed by atoms with E-state index < -0.39 is 22.8 Å². The highest BCUT2D eigenvalue weighted by molar-refractivity contribution is 9.10. The van der Waals surface area contributed by atoms with Gasteiger partial charge in [0.05, 0.1) is 22.9 Å². The van der Waals surface area contributed by atoms with Gasteiger partial charge in [-0.1, -0.05) is 11.6 Å². The Morgan fingerprint density at radius 3 is 2.50 bits per heavy atom. The van der Waals surface area contributed by atoms with Crippen LogP contribution in [0.3, 0.4) is 0 Å². The third-order valence-corrected chi connectivity index (χ3v) is 3.92. The molecule has 2 rings (SSSR count). The van der Waals surface area contributed by atoms with Crippen LogP contribution in [0.5, 0.6) is 0 Å². The van der Waals surface area contributed by atoms with Crippen molar-refractivity contribution in [1.29, 1.82) is 0 Å². The van der Waals surface area contributed by atoms with Gasteiger partial charge in [0, 0.05) is 14.1 Å². The molecule has 6 nitrogen and oxygen atoms in total. The zero-order chi connectivity index (χ0) is 16.7. The van der Waals surface area contributed by atoms with Gasteiger partial charge >= 0.3 is 6.18 Å². The van der Waals surface area contributed by atoms with Gasteiger partial charge in [-0.15, -0.1) is 0 Å². The Labute approximate surface area is 136 Å². The molecule has 0 aliphatic carbocycles. The molecule has 11 heteroatoms. The highest BCUT2D eigenvalue weighted by Gasteiger charge is 2.39. The van der Waals surface area contributed by atoms with Gasteiger partial charge in [0.25, 0.3) is 5.91 Å². The van der Waals surface area contributed by atoms with E-state index in [0.29, 0.717) is 10.2 Å². The summed E-state index contributed by atoms with van der Waals surface area (Å²) in [5.74, 6) is -0.761. The van der Waals surface area contributed by atoms with Gasteiger partial charge in [0.2, 0.25) is 0 Å². The molecule has 2 aromatic rings. The van der Waals surface area contributed by atoms with Gasteiger partial charge in [-0.05, 0) is 15.9 Å². The molecule has 0 aliphatic rings. The highest BCUT2D eigenvalue weighted by atomic mass is 79.9. The lowest BCUT2D eigenvalue weighted by atomic mass is 10.3. The lowest BCUT2D eigenvalue weighted by Crippen LogP contribution is -2.26. The van der Waals surface area contributed by atoms with Crippen molar-refractivity contribution in [3.8, 4) is 0 Å². The van der Waals surface area contributed by atoms with Crippen molar-refractivity contribution >= 4 is 33.4 Å². The molecular formula is C11H10BrClF3N5O. The third kappa shape index (κ3) is 3.12. The van der Waals surface area contributed by atoms with E-state index >= 15 is 0 Å². The first-order valence-electron chi connectivity index (χ1n) is 5.87. The van der Waals surface area contributed by atoms with Gasteiger partial charge in [0.15, 0.2) is 5.69 Å². The number of alkyl halides is 3. The van der Waals surface area contributed by atoms with Crippen LogP contribution in [0.25, 0.3) is 0 Å². The maximum absolute atomic E-state index is 12.7. The molecular weight excluding hydrogens is 391 g/mol. The number of carbonyl (C=O) groups is 1. The molecule has 0 fully saturated rings. The smallest absolute Gasteiger partial charge is 0.345 e. The molecule has 0 saturated heterocycles. The summed E-state index contributed by atoms with van der Waals surface area (Å²) >= 11 is 8.90. The average Bonchev–Trinajstić information content (AvgIpc) is 2.87. The predicted octanol–water partition coefficient (Wildman–Crippen LogP) is 2.52. The van der Waals surface area contributed by atoms with E-state index in [-0.39, 0.29) is 12.2 Å². The maximum atomic E-state index is 12.7. The molecule has 2 heterocycles. The first kappa shape index (κ1) is 16.8. The molecule has 0 bridgehead atoms. The normalized spacial score (nSPS) is 11.8. The zero-order valence-corrected chi connectivity index (χ0v) is 13.7. The Kier molecular flexibility index (Phi) is 4.52. The number of aryl methyl sites for hydroxylation is 2. The first-order chi connectivity index (χ1) is 10.1. The van der Waals surface area contributed by atoms with Crippen molar-refractivity contribution in [2.45, 2.75) is 12.7 Å². The summed E-state index contributed by atoms with van der Waals surface area (Å²) in [5.41, 5.74) is -0.988. The molecule has 1 amide bonds. The van der Waals surface area contributed by atoms with Gasteiger partial charge in [0.1, 0.15) is 10.7 Å². The second-order valence-electron chi connectivity index (χ2n) is 4.38. The minimum atomic E-state index is -4.72. The molecule has 1 N–H and O–H groups in total. The topological polar surface area (TPSA) is 64.7 Å². The molecule has 0 aromatic carbocycles. The van der Waals surface area contributed by atoms with Crippen molar-refractivity contribution < 1.29 is 18.0 Å². The van der Waals surface area contributed by atoms with Crippen LogP contribution < -0.4 is 5.32 Å². The summed E-state index contributed by atoms with van der Waals surface area (Å²) in [4.78, 5) is 12.1. The highest BCUT2D eigenvalue weighted by Crippen LogP contribution is 2.35. The minimum absolute atomic E-state index is 0.0682. The quantitative estimate of drug-likeness (QED) is 0.861. The van der Waals surface area contributed by atoms with Crippen LogP contribution in [0.4, 0.5) is 13.2 Å². The summed E-state index contributed by atoms with van der Waals surface area (Å²) in [6, 6.07) is 0. The maximum Gasteiger partial charge on any atom is 0.436 e. The molecule has 120 valence electrons. The van der Waals surface area contributed by atoms with Crippen molar-refractivity contribution in [3.63, 3.8) is 0 Å². The largest absolute Gasteiger partial charge is 0.436 e. The molecule has 2 aromatic heterocycles. The fraction of sp³-hybridized carbons (Fsp3) is 0.364. The van der Waals surface area contributed by atoms with Gasteiger partial charge in [-0.2, -0.15) is 23.4 Å². The van der Waals surface area contributed by atoms with Crippen LogP contribution in [0.1, 0.15) is 21.9 Å². The number of nitrogens with one attached hydrogen (secondary N) is 1. The van der Waals surface area contributed by atoms with E-state index in [2.05, 4.69) is 31.4 Å². The number of nitrogens with zero attached hydrogens (tertiary/aromatic N) is 4.